The van der Waals surface area contributed by atoms with E-state index < -0.39 is 10.9 Å². The van der Waals surface area contributed by atoms with E-state index in [-0.39, 0.29) is 5.56 Å². The Hall–Kier alpha value is -2.89. The highest BCUT2D eigenvalue weighted by Gasteiger charge is 2.16. The van der Waals surface area contributed by atoms with Crippen LogP contribution in [0.15, 0.2) is 75.9 Å². The van der Waals surface area contributed by atoms with Gasteiger partial charge in [0.1, 0.15) is 5.75 Å². The van der Waals surface area contributed by atoms with Crippen LogP contribution in [-0.4, -0.2) is 5.97 Å². The second kappa shape index (κ2) is 6.78. The quantitative estimate of drug-likeness (QED) is 0.352. The van der Waals surface area contributed by atoms with Crippen molar-refractivity contribution in [2.24, 2.45) is 0 Å². The monoisotopic (exact) mass is 382 g/mol. The molecule has 0 aliphatic rings. The van der Waals surface area contributed by atoms with E-state index in [0.29, 0.717) is 26.6 Å². The summed E-state index contributed by atoms with van der Waals surface area (Å²) in [6.07, 6.45) is 0. The highest BCUT2D eigenvalue weighted by atomic mass is 35.5. The van der Waals surface area contributed by atoms with Crippen LogP contribution in [0.25, 0.3) is 21.4 Å². The van der Waals surface area contributed by atoms with Crippen LogP contribution in [0, 0.1) is 0 Å². The minimum absolute atomic E-state index is 0.274. The van der Waals surface area contributed by atoms with Gasteiger partial charge in [0, 0.05) is 11.6 Å². The van der Waals surface area contributed by atoms with Gasteiger partial charge in [0.15, 0.2) is 5.58 Å². The van der Waals surface area contributed by atoms with Crippen molar-refractivity contribution in [1.82, 2.24) is 0 Å². The number of carbonyl (C=O) groups is 1. The molecule has 6 heteroatoms. The molecule has 0 radical (unpaired) electrons. The Labute approximate surface area is 157 Å². The summed E-state index contributed by atoms with van der Waals surface area (Å²) in [5, 5.41) is 0.315. The van der Waals surface area contributed by atoms with E-state index in [1.54, 1.807) is 36.4 Å². The minimum Gasteiger partial charge on any atom is -0.423 e. The van der Waals surface area contributed by atoms with Crippen LogP contribution in [-0.2, 0) is 0 Å². The van der Waals surface area contributed by atoms with Gasteiger partial charge >= 0.3 is 10.9 Å². The summed E-state index contributed by atoms with van der Waals surface area (Å²) in [7, 11) is 0. The van der Waals surface area contributed by atoms with Gasteiger partial charge < -0.3 is 9.15 Å². The van der Waals surface area contributed by atoms with Gasteiger partial charge in [-0.25, -0.2) is 9.59 Å². The molecule has 0 fully saturated rings. The van der Waals surface area contributed by atoms with Gasteiger partial charge in [-0.15, -0.1) is 0 Å². The molecule has 0 N–H and O–H groups in total. The molecule has 4 nitrogen and oxygen atoms in total. The highest BCUT2D eigenvalue weighted by molar-refractivity contribution is 7.16. The fraction of sp³-hybridized carbons (Fsp3) is 0. The molecule has 0 amide bonds. The van der Waals surface area contributed by atoms with Gasteiger partial charge in [0.05, 0.1) is 15.3 Å². The lowest BCUT2D eigenvalue weighted by Crippen LogP contribution is -2.09. The summed E-state index contributed by atoms with van der Waals surface area (Å²) in [4.78, 5) is 23.7. The average Bonchev–Trinajstić information content (AvgIpc) is 3.02. The summed E-state index contributed by atoms with van der Waals surface area (Å²) in [5.41, 5.74) is 2.29. The number of esters is 1. The summed E-state index contributed by atoms with van der Waals surface area (Å²) >= 11 is 7.02. The van der Waals surface area contributed by atoms with E-state index in [1.807, 2.05) is 30.3 Å². The Kier molecular flexibility index (Phi) is 4.32. The lowest BCUT2D eigenvalue weighted by Gasteiger charge is -2.08. The van der Waals surface area contributed by atoms with Crippen molar-refractivity contribution < 1.29 is 13.9 Å². The molecule has 0 unspecified atom stereocenters. The molecule has 4 rings (SSSR count). The zero-order chi connectivity index (χ0) is 18.1. The largest absolute Gasteiger partial charge is 0.423 e. The van der Waals surface area contributed by atoms with Crippen LogP contribution in [0.4, 0.5) is 0 Å². The third kappa shape index (κ3) is 3.14. The first-order chi connectivity index (χ1) is 12.6. The first-order valence-corrected chi connectivity index (χ1v) is 8.91. The zero-order valence-corrected chi connectivity index (χ0v) is 14.8. The van der Waals surface area contributed by atoms with Crippen LogP contribution in [0.1, 0.15) is 10.4 Å². The van der Waals surface area contributed by atoms with E-state index in [2.05, 4.69) is 0 Å². The highest BCUT2D eigenvalue weighted by Crippen LogP contribution is 2.34. The molecule has 0 atom stereocenters. The molecule has 0 bridgehead atoms. The second-order valence-corrected chi connectivity index (χ2v) is 6.87. The molecule has 0 saturated carbocycles. The number of halogens is 1. The minimum atomic E-state index is -0.565. The normalized spacial score (nSPS) is 10.8. The summed E-state index contributed by atoms with van der Waals surface area (Å²) in [5.74, 6) is -0.247. The number of benzene rings is 3. The second-order valence-electron chi connectivity index (χ2n) is 5.49. The molecule has 0 spiro atoms. The molecule has 128 valence electrons. The Bertz CT molecular complexity index is 1160. The standard InChI is InChI=1S/C20H11ClO4S/c21-16-9-5-4-8-14(16)19(22)24-13-10-15(12-6-2-1-3-7-12)18-17(11-13)26-20(23)25-18/h1-11H. The van der Waals surface area contributed by atoms with Gasteiger partial charge in [-0.3, -0.25) is 0 Å². The first kappa shape index (κ1) is 16.6. The van der Waals surface area contributed by atoms with Crippen molar-refractivity contribution in [2.75, 3.05) is 0 Å². The number of carbonyl (C=O) groups excluding carboxylic acids is 1. The van der Waals surface area contributed by atoms with Crippen molar-refractivity contribution in [3.8, 4) is 16.9 Å². The number of ether oxygens (including phenoxy) is 1. The molecule has 0 aliphatic carbocycles. The number of hydrogen-bond donors (Lipinski definition) is 0. The molecule has 4 aromatic rings. The summed E-state index contributed by atoms with van der Waals surface area (Å²) < 4.78 is 11.4. The smallest absolute Gasteiger partial charge is 0.396 e. The Morgan fingerprint density at radius 1 is 1.00 bits per heavy atom. The van der Waals surface area contributed by atoms with Gasteiger partial charge in [0.2, 0.25) is 0 Å². The molecule has 0 aliphatic heterocycles. The van der Waals surface area contributed by atoms with Crippen molar-refractivity contribution in [3.05, 3.63) is 87.0 Å². The van der Waals surface area contributed by atoms with Crippen LogP contribution in [0.3, 0.4) is 0 Å². The Morgan fingerprint density at radius 2 is 1.73 bits per heavy atom. The van der Waals surface area contributed by atoms with E-state index in [1.165, 1.54) is 0 Å². The van der Waals surface area contributed by atoms with E-state index in [0.717, 1.165) is 16.9 Å². The molecule has 26 heavy (non-hydrogen) atoms. The zero-order valence-electron chi connectivity index (χ0n) is 13.3. The number of fused-ring (bicyclic) bond motifs is 1. The molecular weight excluding hydrogens is 372 g/mol. The Balaban J connectivity index is 1.80. The van der Waals surface area contributed by atoms with Crippen molar-refractivity contribution in [1.29, 1.82) is 0 Å². The maximum Gasteiger partial charge on any atom is 0.396 e. The predicted molar refractivity (Wildman–Crippen MR) is 102 cm³/mol. The average molecular weight is 383 g/mol. The van der Waals surface area contributed by atoms with Crippen molar-refractivity contribution in [2.45, 2.75) is 0 Å². The fourth-order valence-electron chi connectivity index (χ4n) is 2.63. The van der Waals surface area contributed by atoms with Gasteiger partial charge in [-0.05, 0) is 23.8 Å². The topological polar surface area (TPSA) is 56.5 Å². The summed E-state index contributed by atoms with van der Waals surface area (Å²) in [6, 6.07) is 19.4. The van der Waals surface area contributed by atoms with E-state index >= 15 is 0 Å². The van der Waals surface area contributed by atoms with Crippen LogP contribution < -0.4 is 9.68 Å². The van der Waals surface area contributed by atoms with Crippen LogP contribution in [0.2, 0.25) is 5.02 Å². The van der Waals surface area contributed by atoms with Crippen molar-refractivity contribution in [3.63, 3.8) is 0 Å². The van der Waals surface area contributed by atoms with E-state index in [4.69, 9.17) is 20.8 Å². The third-order valence-electron chi connectivity index (χ3n) is 3.80. The van der Waals surface area contributed by atoms with Gasteiger partial charge in [0.25, 0.3) is 0 Å². The molecule has 1 heterocycles. The van der Waals surface area contributed by atoms with Crippen molar-refractivity contribution >= 4 is 39.2 Å². The van der Waals surface area contributed by atoms with Crippen LogP contribution in [0.5, 0.6) is 5.75 Å². The Morgan fingerprint density at radius 3 is 2.50 bits per heavy atom. The predicted octanol–water partition coefficient (Wildman–Crippen LogP) is 5.39. The molecule has 0 saturated heterocycles. The van der Waals surface area contributed by atoms with Gasteiger partial charge in [-0.1, -0.05) is 65.4 Å². The lowest BCUT2D eigenvalue weighted by atomic mass is 10.0. The van der Waals surface area contributed by atoms with E-state index in [9.17, 15) is 9.59 Å². The fourth-order valence-corrected chi connectivity index (χ4v) is 3.57. The summed E-state index contributed by atoms with van der Waals surface area (Å²) in [6.45, 7) is 0. The van der Waals surface area contributed by atoms with Crippen LogP contribution >= 0.6 is 22.9 Å². The maximum atomic E-state index is 12.4. The molecular formula is C20H11ClO4S. The van der Waals surface area contributed by atoms with Gasteiger partial charge in [-0.2, -0.15) is 0 Å². The number of hydrogen-bond acceptors (Lipinski definition) is 5. The first-order valence-electron chi connectivity index (χ1n) is 7.71. The maximum absolute atomic E-state index is 12.4. The lowest BCUT2D eigenvalue weighted by molar-refractivity contribution is 0.0735. The molecule has 3 aromatic carbocycles. The number of rotatable bonds is 3. The SMILES string of the molecule is O=C(Oc1cc(-c2ccccc2)c2oc(=O)sc2c1)c1ccccc1Cl. The molecule has 1 aromatic heterocycles. The third-order valence-corrected chi connectivity index (χ3v) is 4.90.